The Hall–Kier alpha value is -2.27. The highest BCUT2D eigenvalue weighted by atomic mass is 31.2. The summed E-state index contributed by atoms with van der Waals surface area (Å²) in [4.78, 5) is 27.6. The van der Waals surface area contributed by atoms with Gasteiger partial charge in [-0.2, -0.15) is 0 Å². The molecule has 6 nitrogen and oxygen atoms in total. The van der Waals surface area contributed by atoms with Crippen LogP contribution in [0.5, 0.6) is 0 Å². The number of rotatable bonds is 9. The van der Waals surface area contributed by atoms with Gasteiger partial charge >= 0.3 is 7.60 Å². The van der Waals surface area contributed by atoms with Crippen LogP contribution in [0, 0.1) is 13.8 Å². The number of ketones is 1. The first-order chi connectivity index (χ1) is 13.7. The molecule has 0 fully saturated rings. The molecule has 0 saturated carbocycles. The van der Waals surface area contributed by atoms with Crippen molar-refractivity contribution in [2.75, 3.05) is 27.4 Å². The van der Waals surface area contributed by atoms with Crippen molar-refractivity contribution in [3.05, 3.63) is 70.8 Å². The number of carbonyl (C=O) groups excluding carboxylic acids is 2. The third-order valence-electron chi connectivity index (χ3n) is 4.81. The minimum atomic E-state index is -3.54. The molecule has 1 amide bonds. The van der Waals surface area contributed by atoms with Gasteiger partial charge in [-0.25, -0.2) is 0 Å². The maximum atomic E-state index is 13.1. The van der Waals surface area contributed by atoms with E-state index < -0.39 is 19.8 Å². The molecule has 2 aromatic carbocycles. The van der Waals surface area contributed by atoms with Crippen LogP contribution in [0.15, 0.2) is 48.5 Å². The van der Waals surface area contributed by atoms with Crippen LogP contribution in [0.3, 0.4) is 0 Å². The molecule has 29 heavy (non-hydrogen) atoms. The summed E-state index contributed by atoms with van der Waals surface area (Å²) in [5, 5.41) is 0. The van der Waals surface area contributed by atoms with Gasteiger partial charge in [-0.15, -0.1) is 0 Å². The molecular weight excluding hydrogens is 389 g/mol. The largest absolute Gasteiger partial charge is 0.337 e. The Morgan fingerprint density at radius 3 is 2.07 bits per heavy atom. The Balaban J connectivity index is 2.35. The summed E-state index contributed by atoms with van der Waals surface area (Å²) < 4.78 is 22.3. The molecule has 2 rings (SSSR count). The van der Waals surface area contributed by atoms with Gasteiger partial charge in [0.2, 0.25) is 0 Å². The molecule has 1 atom stereocenters. The molecule has 0 heterocycles. The Bertz CT molecular complexity index is 884. The second kappa shape index (κ2) is 9.97. The van der Waals surface area contributed by atoms with Crippen molar-refractivity contribution in [3.8, 4) is 0 Å². The molecule has 156 valence electrons. The average molecular weight is 417 g/mol. The molecule has 2 aromatic rings. The minimum Gasteiger partial charge on any atom is -0.331 e. The highest BCUT2D eigenvalue weighted by Gasteiger charge is 2.34. The Morgan fingerprint density at radius 1 is 1.00 bits per heavy atom. The normalized spacial score (nSPS) is 12.4. The summed E-state index contributed by atoms with van der Waals surface area (Å²) >= 11 is 0. The number of benzene rings is 2. The predicted molar refractivity (Wildman–Crippen MR) is 113 cm³/mol. The average Bonchev–Trinajstić information content (AvgIpc) is 2.70. The summed E-state index contributed by atoms with van der Waals surface area (Å²) in [6.45, 7) is 3.84. The lowest BCUT2D eigenvalue weighted by Crippen LogP contribution is -2.45. The van der Waals surface area contributed by atoms with Gasteiger partial charge in [-0.1, -0.05) is 47.5 Å². The molecule has 1 unspecified atom stereocenters. The summed E-state index contributed by atoms with van der Waals surface area (Å²) in [5.41, 5.74) is 3.35. The quantitative estimate of drug-likeness (QED) is 0.576. The van der Waals surface area contributed by atoms with E-state index in [2.05, 4.69) is 0 Å². The number of hydrogen-bond acceptors (Lipinski definition) is 5. The number of amides is 1. The lowest BCUT2D eigenvalue weighted by molar-refractivity contribution is -0.121. The van der Waals surface area contributed by atoms with E-state index in [1.54, 1.807) is 19.2 Å². The van der Waals surface area contributed by atoms with Crippen molar-refractivity contribution in [1.29, 1.82) is 0 Å². The van der Waals surface area contributed by atoms with E-state index >= 15 is 0 Å². The first-order valence-corrected chi connectivity index (χ1v) is 11.0. The van der Waals surface area contributed by atoms with Crippen LogP contribution < -0.4 is 0 Å². The topological polar surface area (TPSA) is 72.9 Å². The van der Waals surface area contributed by atoms with Crippen molar-refractivity contribution in [2.45, 2.75) is 26.3 Å². The van der Waals surface area contributed by atoms with Crippen LogP contribution in [0.1, 0.15) is 27.0 Å². The number of aryl methyl sites for hydroxylation is 2. The molecule has 0 aliphatic heterocycles. The Morgan fingerprint density at radius 2 is 1.55 bits per heavy atom. The van der Waals surface area contributed by atoms with E-state index in [9.17, 15) is 14.2 Å². The molecule has 0 N–H and O–H groups in total. The van der Waals surface area contributed by atoms with Gasteiger partial charge in [0.1, 0.15) is 6.16 Å². The molecule has 0 saturated heterocycles. The van der Waals surface area contributed by atoms with Gasteiger partial charge in [0, 0.05) is 26.8 Å². The van der Waals surface area contributed by atoms with Gasteiger partial charge in [0.05, 0.1) is 6.04 Å². The van der Waals surface area contributed by atoms with Crippen LogP contribution in [0.25, 0.3) is 0 Å². The summed E-state index contributed by atoms with van der Waals surface area (Å²) in [6, 6.07) is 14.2. The number of Topliss-reactive ketones (excluding diaryl/α,β-unsaturated/α-hetero) is 1. The van der Waals surface area contributed by atoms with Crippen LogP contribution in [-0.4, -0.2) is 50.1 Å². The molecule has 0 bridgehead atoms. The maximum absolute atomic E-state index is 13.1. The van der Waals surface area contributed by atoms with Crippen LogP contribution in [0.4, 0.5) is 0 Å². The molecule has 0 radical (unpaired) electrons. The van der Waals surface area contributed by atoms with E-state index in [0.717, 1.165) is 16.7 Å². The molecule has 0 aliphatic rings. The molecule has 0 spiro atoms. The van der Waals surface area contributed by atoms with Crippen molar-refractivity contribution >= 4 is 19.3 Å². The minimum absolute atomic E-state index is 0.268. The number of nitrogens with zero attached hydrogens (tertiary/aromatic N) is 1. The zero-order valence-electron chi connectivity index (χ0n) is 17.5. The van der Waals surface area contributed by atoms with Crippen LogP contribution in [0.2, 0.25) is 0 Å². The number of carbonyl (C=O) groups is 2. The standard InChI is InChI=1S/C22H28NO5P/c1-16-11-17(2)13-19(12-16)22(25)23(3)20(14-18-9-7-6-8-10-18)21(24)15-29(26,27-4)28-5/h6-13,20H,14-15H2,1-5H3. The first kappa shape index (κ1) is 23.0. The third-order valence-corrected chi connectivity index (χ3v) is 6.62. The molecular formula is C22H28NO5P. The van der Waals surface area contributed by atoms with Gasteiger partial charge in [-0.05, 0) is 38.0 Å². The lowest BCUT2D eigenvalue weighted by atomic mass is 10.00. The smallest absolute Gasteiger partial charge is 0.331 e. The lowest BCUT2D eigenvalue weighted by Gasteiger charge is -2.28. The SMILES string of the molecule is COP(=O)(CC(=O)C(Cc1ccccc1)N(C)C(=O)c1cc(C)cc(C)c1)OC. The maximum Gasteiger partial charge on any atom is 0.337 e. The van der Waals surface area contributed by atoms with Gasteiger partial charge in [0.25, 0.3) is 5.91 Å². The third kappa shape index (κ3) is 6.10. The molecule has 7 heteroatoms. The highest BCUT2D eigenvalue weighted by Crippen LogP contribution is 2.46. The van der Waals surface area contributed by atoms with Crippen molar-refractivity contribution in [2.24, 2.45) is 0 Å². The highest BCUT2D eigenvalue weighted by molar-refractivity contribution is 7.54. The summed E-state index contributed by atoms with van der Waals surface area (Å²) in [6.07, 6.45) is -0.0951. The predicted octanol–water partition coefficient (Wildman–Crippen LogP) is 4.04. The zero-order valence-corrected chi connectivity index (χ0v) is 18.4. The molecule has 0 aliphatic carbocycles. The van der Waals surface area contributed by atoms with Crippen molar-refractivity contribution in [3.63, 3.8) is 0 Å². The number of hydrogen-bond donors (Lipinski definition) is 0. The monoisotopic (exact) mass is 417 g/mol. The van der Waals surface area contributed by atoms with Crippen LogP contribution >= 0.6 is 7.60 Å². The van der Waals surface area contributed by atoms with E-state index in [1.165, 1.54) is 19.1 Å². The van der Waals surface area contributed by atoms with E-state index in [0.29, 0.717) is 12.0 Å². The van der Waals surface area contributed by atoms with E-state index in [4.69, 9.17) is 9.05 Å². The zero-order chi connectivity index (χ0) is 21.6. The fourth-order valence-electron chi connectivity index (χ4n) is 3.25. The summed E-state index contributed by atoms with van der Waals surface area (Å²) in [7, 11) is 0.541. The molecule has 0 aromatic heterocycles. The van der Waals surface area contributed by atoms with E-state index in [1.807, 2.05) is 50.2 Å². The van der Waals surface area contributed by atoms with Gasteiger partial charge in [0.15, 0.2) is 5.78 Å². The fraction of sp³-hybridized carbons (Fsp3) is 0.364. The number of likely N-dealkylation sites (N-methyl/N-ethyl adjacent to an activating group) is 1. The Labute approximate surface area is 172 Å². The second-order valence-corrected chi connectivity index (χ2v) is 9.37. The van der Waals surface area contributed by atoms with Gasteiger partial charge < -0.3 is 13.9 Å². The van der Waals surface area contributed by atoms with Crippen LogP contribution in [-0.2, 0) is 24.8 Å². The first-order valence-electron chi connectivity index (χ1n) is 9.31. The van der Waals surface area contributed by atoms with Gasteiger partial charge in [-0.3, -0.25) is 14.2 Å². The van der Waals surface area contributed by atoms with E-state index in [-0.39, 0.29) is 11.7 Å². The fourth-order valence-corrected chi connectivity index (χ4v) is 4.25. The Kier molecular flexibility index (Phi) is 7.91. The van der Waals surface area contributed by atoms with Crippen molar-refractivity contribution in [1.82, 2.24) is 4.90 Å². The van der Waals surface area contributed by atoms with Crippen molar-refractivity contribution < 1.29 is 23.2 Å². The second-order valence-electron chi connectivity index (χ2n) is 7.10. The summed E-state index contributed by atoms with van der Waals surface area (Å²) in [5.74, 6) is -0.642.